The van der Waals surface area contributed by atoms with Crippen LogP contribution in [-0.4, -0.2) is 9.55 Å². The number of nitrogens with two attached hydrogens (primary N) is 1. The van der Waals surface area contributed by atoms with Gasteiger partial charge in [0.05, 0.1) is 6.04 Å². The average molecular weight is 152 g/mol. The Balaban J connectivity index is 2.89. The van der Waals surface area contributed by atoms with Gasteiger partial charge in [0.2, 0.25) is 0 Å². The second-order valence-electron chi connectivity index (χ2n) is 2.28. The van der Waals surface area contributed by atoms with Gasteiger partial charge in [-0.05, 0) is 0 Å². The van der Waals surface area contributed by atoms with Crippen molar-refractivity contribution in [1.29, 1.82) is 0 Å². The molecule has 4 heteroatoms. The van der Waals surface area contributed by atoms with Gasteiger partial charge in [0, 0.05) is 19.4 Å². The Morgan fingerprint density at radius 2 is 2.64 bits per heavy atom. The van der Waals surface area contributed by atoms with Crippen LogP contribution in [0.25, 0.3) is 0 Å². The Labute approximate surface area is 65.7 Å². The molecule has 0 bridgehead atoms. The SMILES string of the molecule is C=CC(NN)c1nccn1C. The second kappa shape index (κ2) is 3.32. The fourth-order valence-electron chi connectivity index (χ4n) is 0.925. The van der Waals surface area contributed by atoms with Crippen molar-refractivity contribution in [3.63, 3.8) is 0 Å². The third-order valence-electron chi connectivity index (χ3n) is 1.55. The van der Waals surface area contributed by atoms with Crippen molar-refractivity contribution in [3.05, 3.63) is 30.9 Å². The van der Waals surface area contributed by atoms with Gasteiger partial charge in [-0.25, -0.2) is 10.4 Å². The molecule has 0 spiro atoms. The molecule has 0 fully saturated rings. The van der Waals surface area contributed by atoms with Gasteiger partial charge in [-0.2, -0.15) is 0 Å². The van der Waals surface area contributed by atoms with E-state index < -0.39 is 0 Å². The highest BCUT2D eigenvalue weighted by Gasteiger charge is 2.08. The number of imidazole rings is 1. The summed E-state index contributed by atoms with van der Waals surface area (Å²) in [6.45, 7) is 3.63. The Morgan fingerprint density at radius 1 is 1.91 bits per heavy atom. The van der Waals surface area contributed by atoms with Gasteiger partial charge in [0.15, 0.2) is 0 Å². The fourth-order valence-corrected chi connectivity index (χ4v) is 0.925. The molecule has 4 nitrogen and oxygen atoms in total. The van der Waals surface area contributed by atoms with Crippen LogP contribution in [0.1, 0.15) is 11.9 Å². The first-order valence-corrected chi connectivity index (χ1v) is 3.35. The lowest BCUT2D eigenvalue weighted by Crippen LogP contribution is -2.28. The lowest BCUT2D eigenvalue weighted by atomic mass is 10.3. The quantitative estimate of drug-likeness (QED) is 0.367. The van der Waals surface area contributed by atoms with Crippen LogP contribution in [0.2, 0.25) is 0 Å². The summed E-state index contributed by atoms with van der Waals surface area (Å²) in [6.07, 6.45) is 5.30. The molecule has 0 aliphatic rings. The molecule has 0 saturated carbocycles. The normalized spacial score (nSPS) is 12.9. The average Bonchev–Trinajstić information content (AvgIpc) is 2.40. The van der Waals surface area contributed by atoms with Crippen molar-refractivity contribution >= 4 is 0 Å². The smallest absolute Gasteiger partial charge is 0.130 e. The number of hydrogen-bond acceptors (Lipinski definition) is 3. The van der Waals surface area contributed by atoms with E-state index in [1.165, 1.54) is 0 Å². The van der Waals surface area contributed by atoms with Crippen LogP contribution >= 0.6 is 0 Å². The summed E-state index contributed by atoms with van der Waals surface area (Å²) in [5, 5.41) is 0. The summed E-state index contributed by atoms with van der Waals surface area (Å²) >= 11 is 0. The molecule has 0 saturated heterocycles. The lowest BCUT2D eigenvalue weighted by molar-refractivity contribution is 0.596. The van der Waals surface area contributed by atoms with Crippen molar-refractivity contribution < 1.29 is 0 Å². The molecule has 0 aromatic carbocycles. The van der Waals surface area contributed by atoms with Crippen LogP contribution in [0.4, 0.5) is 0 Å². The van der Waals surface area contributed by atoms with Crippen molar-refractivity contribution in [2.24, 2.45) is 12.9 Å². The molecule has 1 atom stereocenters. The maximum absolute atomic E-state index is 5.27. The molecule has 60 valence electrons. The topological polar surface area (TPSA) is 55.9 Å². The zero-order valence-electron chi connectivity index (χ0n) is 6.49. The number of nitrogens with one attached hydrogen (secondary N) is 1. The minimum Gasteiger partial charge on any atom is -0.336 e. The number of aromatic nitrogens is 2. The van der Waals surface area contributed by atoms with E-state index in [0.717, 1.165) is 5.82 Å². The van der Waals surface area contributed by atoms with E-state index in [2.05, 4.69) is 17.0 Å². The first-order chi connectivity index (χ1) is 5.29. The van der Waals surface area contributed by atoms with Gasteiger partial charge in [-0.15, -0.1) is 6.58 Å². The predicted molar refractivity (Wildman–Crippen MR) is 43.5 cm³/mol. The molecule has 1 rings (SSSR count). The van der Waals surface area contributed by atoms with E-state index in [1.807, 2.05) is 17.8 Å². The van der Waals surface area contributed by atoms with Crippen molar-refractivity contribution in [1.82, 2.24) is 15.0 Å². The number of rotatable bonds is 3. The van der Waals surface area contributed by atoms with E-state index >= 15 is 0 Å². The van der Waals surface area contributed by atoms with E-state index in [-0.39, 0.29) is 6.04 Å². The molecule has 11 heavy (non-hydrogen) atoms. The number of aryl methyl sites for hydroxylation is 1. The molecule has 0 aliphatic carbocycles. The molecule has 1 unspecified atom stereocenters. The van der Waals surface area contributed by atoms with Gasteiger partial charge in [0.1, 0.15) is 5.82 Å². The Kier molecular flexibility index (Phi) is 2.40. The highest BCUT2D eigenvalue weighted by molar-refractivity contribution is 5.04. The first kappa shape index (κ1) is 7.97. The van der Waals surface area contributed by atoms with Gasteiger partial charge in [-0.1, -0.05) is 6.08 Å². The number of hydrazine groups is 1. The number of hydrogen-bond donors (Lipinski definition) is 2. The van der Waals surface area contributed by atoms with Crippen LogP contribution in [0.3, 0.4) is 0 Å². The highest BCUT2D eigenvalue weighted by Crippen LogP contribution is 2.08. The molecule has 1 aromatic heterocycles. The molecule has 1 heterocycles. The molecule has 3 N–H and O–H groups in total. The van der Waals surface area contributed by atoms with E-state index in [0.29, 0.717) is 0 Å². The summed E-state index contributed by atoms with van der Waals surface area (Å²) in [5.74, 6) is 6.13. The summed E-state index contributed by atoms with van der Waals surface area (Å²) in [4.78, 5) is 4.11. The molecular weight excluding hydrogens is 140 g/mol. The van der Waals surface area contributed by atoms with Crippen LogP contribution in [0.5, 0.6) is 0 Å². The van der Waals surface area contributed by atoms with Crippen molar-refractivity contribution in [2.45, 2.75) is 6.04 Å². The minimum atomic E-state index is -0.0741. The summed E-state index contributed by atoms with van der Waals surface area (Å²) in [6, 6.07) is -0.0741. The van der Waals surface area contributed by atoms with E-state index in [1.54, 1.807) is 12.3 Å². The molecule has 0 radical (unpaired) electrons. The monoisotopic (exact) mass is 152 g/mol. The van der Waals surface area contributed by atoms with E-state index in [4.69, 9.17) is 5.84 Å². The zero-order valence-corrected chi connectivity index (χ0v) is 6.49. The number of nitrogens with zero attached hydrogens (tertiary/aromatic N) is 2. The molecular formula is C7H12N4. The van der Waals surface area contributed by atoms with E-state index in [9.17, 15) is 0 Å². The maximum Gasteiger partial charge on any atom is 0.130 e. The largest absolute Gasteiger partial charge is 0.336 e. The minimum absolute atomic E-state index is 0.0741. The van der Waals surface area contributed by atoms with Crippen molar-refractivity contribution in [2.75, 3.05) is 0 Å². The van der Waals surface area contributed by atoms with Crippen LogP contribution in [0.15, 0.2) is 25.0 Å². The second-order valence-corrected chi connectivity index (χ2v) is 2.28. The third kappa shape index (κ3) is 1.47. The van der Waals surface area contributed by atoms with Crippen LogP contribution in [0, 0.1) is 0 Å². The third-order valence-corrected chi connectivity index (χ3v) is 1.55. The van der Waals surface area contributed by atoms with Crippen molar-refractivity contribution in [3.8, 4) is 0 Å². The zero-order chi connectivity index (χ0) is 8.27. The highest BCUT2D eigenvalue weighted by atomic mass is 15.3. The Morgan fingerprint density at radius 3 is 3.00 bits per heavy atom. The molecule has 1 aromatic rings. The summed E-state index contributed by atoms with van der Waals surface area (Å²) in [7, 11) is 1.91. The van der Waals surface area contributed by atoms with Crippen LogP contribution < -0.4 is 11.3 Å². The van der Waals surface area contributed by atoms with Gasteiger partial charge >= 0.3 is 0 Å². The predicted octanol–water partition coefficient (Wildman–Crippen LogP) is 0.110. The van der Waals surface area contributed by atoms with Gasteiger partial charge < -0.3 is 4.57 Å². The fraction of sp³-hybridized carbons (Fsp3) is 0.286. The lowest BCUT2D eigenvalue weighted by Gasteiger charge is -2.09. The summed E-state index contributed by atoms with van der Waals surface area (Å²) in [5.41, 5.74) is 2.59. The standard InChI is InChI=1S/C7H12N4/c1-3-6(10-8)7-9-4-5-11(7)2/h3-6,10H,1,8H2,2H3. The first-order valence-electron chi connectivity index (χ1n) is 3.35. The Bertz CT molecular complexity index is 240. The summed E-state index contributed by atoms with van der Waals surface area (Å²) < 4.78 is 1.90. The van der Waals surface area contributed by atoms with Crippen LogP contribution in [-0.2, 0) is 7.05 Å². The molecule has 0 aliphatic heterocycles. The Hall–Kier alpha value is -1.13. The van der Waals surface area contributed by atoms with Gasteiger partial charge in [-0.3, -0.25) is 5.84 Å². The van der Waals surface area contributed by atoms with Gasteiger partial charge in [0.25, 0.3) is 0 Å². The maximum atomic E-state index is 5.27. The molecule has 0 amide bonds.